The SMILES string of the molecule is Cc1ccc(C)c(C(=O)CCC(=O)NC(C)CCCO)c1. The van der Waals surface area contributed by atoms with E-state index >= 15 is 0 Å². The highest BCUT2D eigenvalue weighted by molar-refractivity contribution is 5.99. The molecule has 4 heteroatoms. The summed E-state index contributed by atoms with van der Waals surface area (Å²) in [7, 11) is 0. The number of rotatable bonds is 8. The topological polar surface area (TPSA) is 66.4 Å². The molecule has 0 radical (unpaired) electrons. The smallest absolute Gasteiger partial charge is 0.220 e. The molecule has 1 aromatic rings. The molecule has 1 unspecified atom stereocenters. The van der Waals surface area contributed by atoms with E-state index < -0.39 is 0 Å². The van der Waals surface area contributed by atoms with Gasteiger partial charge in [-0.2, -0.15) is 0 Å². The fourth-order valence-corrected chi connectivity index (χ4v) is 2.21. The fraction of sp³-hybridized carbons (Fsp3) is 0.529. The number of amides is 1. The second kappa shape index (κ2) is 8.57. The van der Waals surface area contributed by atoms with Gasteiger partial charge in [0.25, 0.3) is 0 Å². The van der Waals surface area contributed by atoms with Crippen LogP contribution in [0.15, 0.2) is 18.2 Å². The van der Waals surface area contributed by atoms with E-state index in [1.807, 2.05) is 39.0 Å². The number of Topliss-reactive ketones (excluding diaryl/α,β-unsaturated/α-hetero) is 1. The largest absolute Gasteiger partial charge is 0.396 e. The molecule has 0 spiro atoms. The van der Waals surface area contributed by atoms with Crippen LogP contribution in [0.3, 0.4) is 0 Å². The van der Waals surface area contributed by atoms with Gasteiger partial charge in [0.05, 0.1) is 0 Å². The predicted molar refractivity (Wildman–Crippen MR) is 83.4 cm³/mol. The molecule has 1 rings (SSSR count). The second-order valence-electron chi connectivity index (χ2n) is 5.58. The van der Waals surface area contributed by atoms with Crippen LogP contribution < -0.4 is 5.32 Å². The Hall–Kier alpha value is -1.68. The third-order valence-corrected chi connectivity index (χ3v) is 3.48. The highest BCUT2D eigenvalue weighted by Crippen LogP contribution is 2.14. The number of aliphatic hydroxyl groups is 1. The number of nitrogens with one attached hydrogen (secondary N) is 1. The summed E-state index contributed by atoms with van der Waals surface area (Å²) in [5.74, 6) is -0.103. The number of aryl methyl sites for hydroxylation is 2. The summed E-state index contributed by atoms with van der Waals surface area (Å²) in [5.41, 5.74) is 2.70. The average molecular weight is 291 g/mol. The lowest BCUT2D eigenvalue weighted by Gasteiger charge is -2.13. The molecule has 0 aliphatic heterocycles. The summed E-state index contributed by atoms with van der Waals surface area (Å²) in [4.78, 5) is 23.9. The number of benzene rings is 1. The van der Waals surface area contributed by atoms with Crippen molar-refractivity contribution >= 4 is 11.7 Å². The van der Waals surface area contributed by atoms with Crippen molar-refractivity contribution < 1.29 is 14.7 Å². The Morgan fingerprint density at radius 3 is 2.62 bits per heavy atom. The Morgan fingerprint density at radius 1 is 1.24 bits per heavy atom. The van der Waals surface area contributed by atoms with E-state index in [-0.39, 0.29) is 37.2 Å². The maximum absolute atomic E-state index is 12.2. The molecule has 0 bridgehead atoms. The molecule has 1 amide bonds. The van der Waals surface area contributed by atoms with Crippen molar-refractivity contribution in [2.75, 3.05) is 6.61 Å². The fourth-order valence-electron chi connectivity index (χ4n) is 2.21. The van der Waals surface area contributed by atoms with Gasteiger partial charge < -0.3 is 10.4 Å². The van der Waals surface area contributed by atoms with E-state index in [0.717, 1.165) is 17.5 Å². The van der Waals surface area contributed by atoms with E-state index in [2.05, 4.69) is 5.32 Å². The number of ketones is 1. The van der Waals surface area contributed by atoms with E-state index in [9.17, 15) is 9.59 Å². The summed E-state index contributed by atoms with van der Waals surface area (Å²) < 4.78 is 0. The Labute approximate surface area is 126 Å². The van der Waals surface area contributed by atoms with Crippen molar-refractivity contribution in [1.29, 1.82) is 0 Å². The van der Waals surface area contributed by atoms with E-state index in [0.29, 0.717) is 12.0 Å². The zero-order valence-corrected chi connectivity index (χ0v) is 13.1. The van der Waals surface area contributed by atoms with Gasteiger partial charge in [0.2, 0.25) is 5.91 Å². The standard InChI is InChI=1S/C17H25NO3/c1-12-6-7-13(2)15(11-12)16(20)8-9-17(21)18-14(3)5-4-10-19/h6-7,11,14,19H,4-5,8-10H2,1-3H3,(H,18,21). The van der Waals surface area contributed by atoms with Gasteiger partial charge in [0.1, 0.15) is 0 Å². The summed E-state index contributed by atoms with van der Waals surface area (Å²) in [6.45, 7) is 5.89. The van der Waals surface area contributed by atoms with Crippen LogP contribution in [-0.2, 0) is 4.79 Å². The van der Waals surface area contributed by atoms with E-state index in [1.165, 1.54) is 0 Å². The van der Waals surface area contributed by atoms with Crippen LogP contribution in [0.5, 0.6) is 0 Å². The Bertz CT molecular complexity index is 497. The highest BCUT2D eigenvalue weighted by atomic mass is 16.3. The molecule has 0 aliphatic rings. The minimum atomic E-state index is -0.112. The van der Waals surface area contributed by atoms with Crippen molar-refractivity contribution in [3.05, 3.63) is 34.9 Å². The molecular weight excluding hydrogens is 266 g/mol. The normalized spacial score (nSPS) is 12.0. The molecule has 1 atom stereocenters. The van der Waals surface area contributed by atoms with Gasteiger partial charge in [-0.25, -0.2) is 0 Å². The van der Waals surface area contributed by atoms with E-state index in [4.69, 9.17) is 5.11 Å². The molecule has 0 heterocycles. The maximum atomic E-state index is 12.2. The Kier molecular flexibility index (Phi) is 7.09. The van der Waals surface area contributed by atoms with Gasteiger partial charge in [0, 0.05) is 31.1 Å². The quantitative estimate of drug-likeness (QED) is 0.723. The summed E-state index contributed by atoms with van der Waals surface area (Å²) in [6.07, 6.45) is 1.84. The zero-order valence-electron chi connectivity index (χ0n) is 13.1. The van der Waals surface area contributed by atoms with Crippen molar-refractivity contribution in [2.24, 2.45) is 0 Å². The molecule has 0 aliphatic carbocycles. The van der Waals surface area contributed by atoms with Crippen LogP contribution in [0.1, 0.15) is 54.1 Å². The molecule has 4 nitrogen and oxygen atoms in total. The summed E-state index contributed by atoms with van der Waals surface area (Å²) in [5, 5.41) is 11.6. The van der Waals surface area contributed by atoms with Crippen molar-refractivity contribution in [1.82, 2.24) is 5.32 Å². The molecule has 0 saturated heterocycles. The zero-order chi connectivity index (χ0) is 15.8. The van der Waals surface area contributed by atoms with Crippen molar-refractivity contribution in [3.63, 3.8) is 0 Å². The lowest BCUT2D eigenvalue weighted by atomic mass is 9.99. The average Bonchev–Trinajstić information content (AvgIpc) is 2.45. The van der Waals surface area contributed by atoms with Crippen molar-refractivity contribution in [3.8, 4) is 0 Å². The lowest BCUT2D eigenvalue weighted by molar-refractivity contribution is -0.121. The monoisotopic (exact) mass is 291 g/mol. The first-order chi connectivity index (χ1) is 9.93. The molecule has 1 aromatic carbocycles. The van der Waals surface area contributed by atoms with Gasteiger partial charge in [-0.1, -0.05) is 17.7 Å². The van der Waals surface area contributed by atoms with Gasteiger partial charge >= 0.3 is 0 Å². The molecule has 0 fully saturated rings. The Balaban J connectivity index is 2.45. The second-order valence-corrected chi connectivity index (χ2v) is 5.58. The minimum absolute atomic E-state index is 0.00867. The predicted octanol–water partition coefficient (Wildman–Crippen LogP) is 2.54. The number of hydrogen-bond donors (Lipinski definition) is 2. The first kappa shape index (κ1) is 17.4. The van der Waals surface area contributed by atoms with Crippen LogP contribution in [0.4, 0.5) is 0 Å². The van der Waals surface area contributed by atoms with Crippen LogP contribution in [0.2, 0.25) is 0 Å². The van der Waals surface area contributed by atoms with Crippen LogP contribution >= 0.6 is 0 Å². The highest BCUT2D eigenvalue weighted by Gasteiger charge is 2.13. The lowest BCUT2D eigenvalue weighted by Crippen LogP contribution is -2.32. The molecule has 0 aromatic heterocycles. The third kappa shape index (κ3) is 6.08. The van der Waals surface area contributed by atoms with Gasteiger partial charge in [0.15, 0.2) is 5.78 Å². The molecule has 21 heavy (non-hydrogen) atoms. The Morgan fingerprint density at radius 2 is 1.95 bits per heavy atom. The molecule has 2 N–H and O–H groups in total. The molecule has 0 saturated carbocycles. The van der Waals surface area contributed by atoms with Gasteiger partial charge in [-0.05, 0) is 45.2 Å². The number of hydrogen-bond acceptors (Lipinski definition) is 3. The third-order valence-electron chi connectivity index (χ3n) is 3.48. The van der Waals surface area contributed by atoms with Crippen LogP contribution in [0, 0.1) is 13.8 Å². The number of carbonyl (C=O) groups is 2. The van der Waals surface area contributed by atoms with Crippen LogP contribution in [0.25, 0.3) is 0 Å². The summed E-state index contributed by atoms with van der Waals surface area (Å²) >= 11 is 0. The van der Waals surface area contributed by atoms with Crippen LogP contribution in [-0.4, -0.2) is 29.4 Å². The minimum Gasteiger partial charge on any atom is -0.396 e. The first-order valence-corrected chi connectivity index (χ1v) is 7.44. The maximum Gasteiger partial charge on any atom is 0.220 e. The van der Waals surface area contributed by atoms with E-state index in [1.54, 1.807) is 0 Å². The molecular formula is C17H25NO3. The van der Waals surface area contributed by atoms with Crippen molar-refractivity contribution in [2.45, 2.75) is 52.5 Å². The molecule has 116 valence electrons. The van der Waals surface area contributed by atoms with Gasteiger partial charge in [-0.15, -0.1) is 0 Å². The first-order valence-electron chi connectivity index (χ1n) is 7.44. The van der Waals surface area contributed by atoms with Gasteiger partial charge in [-0.3, -0.25) is 9.59 Å². The number of carbonyl (C=O) groups excluding carboxylic acids is 2. The number of aliphatic hydroxyl groups excluding tert-OH is 1. The summed E-state index contributed by atoms with van der Waals surface area (Å²) in [6, 6.07) is 5.81.